The zero-order valence-corrected chi connectivity index (χ0v) is 19.7. The smallest absolute Gasteiger partial charge is 0.341 e. The highest BCUT2D eigenvalue weighted by Gasteiger charge is 2.17. The number of fused-ring (bicyclic) bond motifs is 2. The molecule has 0 saturated carbocycles. The van der Waals surface area contributed by atoms with E-state index in [2.05, 4.69) is 20.6 Å². The fourth-order valence-electron chi connectivity index (χ4n) is 3.21. The zero-order chi connectivity index (χ0) is 24.5. The Hall–Kier alpha value is -4.20. The SMILES string of the molecule is CCOC(=O)/C1=C(/C)Nc2ccccc2N/C(C)=C(/C(=O)OCC)C=Nc2ccccc2N=C1. The van der Waals surface area contributed by atoms with Crippen molar-refractivity contribution < 1.29 is 19.1 Å². The molecule has 3 rings (SSSR count). The molecule has 0 bridgehead atoms. The second kappa shape index (κ2) is 11.6. The molecule has 0 amide bonds. The normalized spacial score (nSPS) is 18.0. The third-order valence-corrected chi connectivity index (χ3v) is 4.92. The second-order valence-corrected chi connectivity index (χ2v) is 7.32. The molecule has 0 spiro atoms. The van der Waals surface area contributed by atoms with E-state index in [1.165, 1.54) is 12.4 Å². The van der Waals surface area contributed by atoms with Gasteiger partial charge in [0.15, 0.2) is 0 Å². The molecule has 1 aliphatic rings. The summed E-state index contributed by atoms with van der Waals surface area (Å²) in [6, 6.07) is 14.6. The van der Waals surface area contributed by atoms with Crippen LogP contribution in [0.2, 0.25) is 0 Å². The number of para-hydroxylation sites is 4. The Morgan fingerprint density at radius 1 is 0.706 bits per heavy atom. The molecular formula is C26H28N4O4. The molecule has 176 valence electrons. The van der Waals surface area contributed by atoms with Gasteiger partial charge in [-0.25, -0.2) is 9.59 Å². The third-order valence-electron chi connectivity index (χ3n) is 4.92. The van der Waals surface area contributed by atoms with Gasteiger partial charge in [-0.3, -0.25) is 9.98 Å². The molecule has 0 atom stereocenters. The van der Waals surface area contributed by atoms with Crippen LogP contribution in [0.5, 0.6) is 0 Å². The van der Waals surface area contributed by atoms with E-state index in [-0.39, 0.29) is 24.4 Å². The Labute approximate surface area is 199 Å². The average Bonchev–Trinajstić information content (AvgIpc) is 2.81. The minimum absolute atomic E-state index is 0.239. The Kier molecular flexibility index (Phi) is 8.34. The largest absolute Gasteiger partial charge is 0.462 e. The summed E-state index contributed by atoms with van der Waals surface area (Å²) in [6.45, 7) is 7.53. The van der Waals surface area contributed by atoms with Crippen LogP contribution in [-0.2, 0) is 19.1 Å². The summed E-state index contributed by atoms with van der Waals surface area (Å²) < 4.78 is 10.5. The predicted molar refractivity (Wildman–Crippen MR) is 135 cm³/mol. The van der Waals surface area contributed by atoms with Gasteiger partial charge in [-0.15, -0.1) is 0 Å². The molecule has 0 aromatic heterocycles. The van der Waals surface area contributed by atoms with Crippen LogP contribution in [0.3, 0.4) is 0 Å². The molecule has 2 aromatic carbocycles. The fraction of sp³-hybridized carbons (Fsp3) is 0.231. The Bertz CT molecular complexity index is 1100. The molecule has 0 saturated heterocycles. The summed E-state index contributed by atoms with van der Waals surface area (Å²) in [7, 11) is 0. The lowest BCUT2D eigenvalue weighted by molar-refractivity contribution is -0.138. The van der Waals surface area contributed by atoms with Crippen LogP contribution >= 0.6 is 0 Å². The van der Waals surface area contributed by atoms with E-state index in [0.29, 0.717) is 34.1 Å². The zero-order valence-electron chi connectivity index (χ0n) is 19.7. The molecule has 0 unspecified atom stereocenters. The van der Waals surface area contributed by atoms with Crippen LogP contribution in [0.1, 0.15) is 27.7 Å². The maximum Gasteiger partial charge on any atom is 0.341 e. The number of rotatable bonds is 4. The van der Waals surface area contributed by atoms with Crippen LogP contribution in [0, 0.1) is 0 Å². The molecule has 0 radical (unpaired) electrons. The number of carbonyl (C=O) groups is 2. The van der Waals surface area contributed by atoms with Gasteiger partial charge in [-0.2, -0.15) is 0 Å². The monoisotopic (exact) mass is 460 g/mol. The Morgan fingerprint density at radius 3 is 1.47 bits per heavy atom. The number of benzene rings is 2. The van der Waals surface area contributed by atoms with Gasteiger partial charge in [0, 0.05) is 23.8 Å². The van der Waals surface area contributed by atoms with Crippen LogP contribution in [0.4, 0.5) is 22.7 Å². The summed E-state index contributed by atoms with van der Waals surface area (Å²) in [5.41, 5.74) is 4.14. The number of anilines is 2. The van der Waals surface area contributed by atoms with Gasteiger partial charge in [0.05, 0.1) is 47.1 Å². The van der Waals surface area contributed by atoms with Gasteiger partial charge in [0.2, 0.25) is 0 Å². The van der Waals surface area contributed by atoms with Crippen LogP contribution in [-0.4, -0.2) is 37.6 Å². The first-order valence-corrected chi connectivity index (χ1v) is 11.0. The van der Waals surface area contributed by atoms with Crippen molar-refractivity contribution in [2.24, 2.45) is 9.98 Å². The number of hydrogen-bond donors (Lipinski definition) is 2. The molecule has 8 heteroatoms. The molecule has 8 nitrogen and oxygen atoms in total. The molecule has 0 fully saturated rings. The highest BCUT2D eigenvalue weighted by molar-refractivity contribution is 6.12. The van der Waals surface area contributed by atoms with E-state index in [4.69, 9.17) is 9.47 Å². The summed E-state index contributed by atoms with van der Waals surface area (Å²) >= 11 is 0. The number of allylic oxidation sites excluding steroid dienone is 2. The van der Waals surface area contributed by atoms with Crippen LogP contribution in [0.25, 0.3) is 0 Å². The Morgan fingerprint density at radius 2 is 1.09 bits per heavy atom. The first-order valence-electron chi connectivity index (χ1n) is 11.0. The van der Waals surface area contributed by atoms with E-state index >= 15 is 0 Å². The first kappa shape index (κ1) is 24.4. The topological polar surface area (TPSA) is 101 Å². The van der Waals surface area contributed by atoms with E-state index in [1.54, 1.807) is 39.8 Å². The van der Waals surface area contributed by atoms with Gasteiger partial charge in [-0.1, -0.05) is 24.3 Å². The van der Waals surface area contributed by atoms with Gasteiger partial charge >= 0.3 is 11.9 Å². The quantitative estimate of drug-likeness (QED) is 0.600. The minimum Gasteiger partial charge on any atom is -0.462 e. The molecule has 1 heterocycles. The van der Waals surface area contributed by atoms with Crippen molar-refractivity contribution in [3.63, 3.8) is 0 Å². The van der Waals surface area contributed by atoms with Crippen molar-refractivity contribution in [3.8, 4) is 0 Å². The van der Waals surface area contributed by atoms with Gasteiger partial charge in [-0.05, 0) is 52.0 Å². The number of hydrogen-bond acceptors (Lipinski definition) is 8. The second-order valence-electron chi connectivity index (χ2n) is 7.32. The molecule has 34 heavy (non-hydrogen) atoms. The summed E-state index contributed by atoms with van der Waals surface area (Å²) in [6.07, 6.45) is 2.92. The highest BCUT2D eigenvalue weighted by Crippen LogP contribution is 2.29. The van der Waals surface area contributed by atoms with Crippen LogP contribution in [0.15, 0.2) is 81.1 Å². The molecular weight excluding hydrogens is 432 g/mol. The highest BCUT2D eigenvalue weighted by atomic mass is 16.5. The Balaban J connectivity index is 2.22. The minimum atomic E-state index is -0.490. The lowest BCUT2D eigenvalue weighted by atomic mass is 10.1. The van der Waals surface area contributed by atoms with E-state index in [1.807, 2.05) is 36.4 Å². The summed E-state index contributed by atoms with van der Waals surface area (Å²) in [4.78, 5) is 34.4. The summed E-state index contributed by atoms with van der Waals surface area (Å²) in [5, 5.41) is 6.54. The standard InChI is InChI=1S/C26H28N4O4/c1-5-33-25(31)19-15-27-21-11-7-8-12-22(21)28-16-20(26(32)34-6-2)18(4)30-24-14-10-9-13-23(24)29-17(19)3/h7-16,29-30H,5-6H2,1-4H3/b19-17-,20-18+,27-15?,28-16?. The average molecular weight is 461 g/mol. The number of carbonyl (C=O) groups excluding carboxylic acids is 2. The van der Waals surface area contributed by atoms with Crippen molar-refractivity contribution in [1.82, 2.24) is 0 Å². The lowest BCUT2D eigenvalue weighted by Gasteiger charge is -2.17. The van der Waals surface area contributed by atoms with Gasteiger partial charge in [0.25, 0.3) is 0 Å². The molecule has 2 N–H and O–H groups in total. The number of aliphatic imine (C=N–C) groups is 2. The van der Waals surface area contributed by atoms with Crippen LogP contribution < -0.4 is 10.6 Å². The van der Waals surface area contributed by atoms with Crippen molar-refractivity contribution in [3.05, 3.63) is 71.1 Å². The lowest BCUT2D eigenvalue weighted by Crippen LogP contribution is -2.16. The maximum atomic E-state index is 12.7. The fourth-order valence-corrected chi connectivity index (χ4v) is 3.21. The van der Waals surface area contributed by atoms with E-state index in [9.17, 15) is 9.59 Å². The van der Waals surface area contributed by atoms with Gasteiger partial charge < -0.3 is 20.1 Å². The maximum absolute atomic E-state index is 12.7. The molecule has 0 aliphatic carbocycles. The van der Waals surface area contributed by atoms with Crippen molar-refractivity contribution >= 4 is 47.1 Å². The van der Waals surface area contributed by atoms with Crippen molar-refractivity contribution in [2.75, 3.05) is 23.8 Å². The van der Waals surface area contributed by atoms with E-state index in [0.717, 1.165) is 0 Å². The number of ether oxygens (including phenoxy) is 2. The third kappa shape index (κ3) is 5.98. The van der Waals surface area contributed by atoms with Crippen molar-refractivity contribution in [1.29, 1.82) is 0 Å². The first-order chi connectivity index (χ1) is 16.4. The molecule has 1 aliphatic heterocycles. The van der Waals surface area contributed by atoms with E-state index < -0.39 is 11.9 Å². The van der Waals surface area contributed by atoms with Gasteiger partial charge in [0.1, 0.15) is 0 Å². The molecule has 2 aromatic rings. The number of nitrogens with zero attached hydrogens (tertiary/aromatic N) is 2. The number of nitrogens with one attached hydrogen (secondary N) is 2. The number of esters is 2. The predicted octanol–water partition coefficient (Wildman–Crippen LogP) is 5.30. The van der Waals surface area contributed by atoms with Crippen molar-refractivity contribution in [2.45, 2.75) is 27.7 Å². The summed E-state index contributed by atoms with van der Waals surface area (Å²) in [5.74, 6) is -0.981.